The van der Waals surface area contributed by atoms with E-state index in [0.717, 1.165) is 57.4 Å². The molecule has 0 radical (unpaired) electrons. The highest BCUT2D eigenvalue weighted by Gasteiger charge is 2.39. The highest BCUT2D eigenvalue weighted by molar-refractivity contribution is 7.90. The zero-order valence-electron chi connectivity index (χ0n) is 25.5. The second-order valence-corrected chi connectivity index (χ2v) is 15.2. The van der Waals surface area contributed by atoms with E-state index in [1.54, 1.807) is 18.2 Å². The van der Waals surface area contributed by atoms with Gasteiger partial charge in [-0.1, -0.05) is 19.9 Å². The van der Waals surface area contributed by atoms with E-state index < -0.39 is 27.2 Å². The third-order valence-electron chi connectivity index (χ3n) is 9.26. The second kappa shape index (κ2) is 11.4. The molecular formula is C32H41FN6O4S. The summed E-state index contributed by atoms with van der Waals surface area (Å²) in [6.07, 6.45) is 3.69. The standard InChI is InChI=1S/C32H41FN6O4S/c1-32(2)18-28-29(25-11-5-21(33)17-27(25)39(28)44(42,43)19-32)20-4-10-24(30(34)40)26(16-20)35-22-6-8-23(9-7-22)36-31(41)38-14-12-37(3)13-15-38/h4-5,10-11,16-17,22-23,35H,6-9,12-15,18-19H2,1-3H3,(H2,34,40)(H,36,41)/t22-,23-. The molecule has 0 unspecified atom stereocenters. The lowest BCUT2D eigenvalue weighted by molar-refractivity contribution is 0.100. The minimum absolute atomic E-state index is 0.00794. The molecule has 236 valence electrons. The van der Waals surface area contributed by atoms with Crippen LogP contribution in [-0.4, -0.2) is 85.2 Å². The summed E-state index contributed by atoms with van der Waals surface area (Å²) in [4.78, 5) is 29.3. The first-order chi connectivity index (χ1) is 20.8. The molecule has 3 aromatic rings. The fourth-order valence-corrected chi connectivity index (χ4v) is 9.22. The molecule has 2 fully saturated rings. The quantitative estimate of drug-likeness (QED) is 0.394. The van der Waals surface area contributed by atoms with Crippen molar-refractivity contribution in [2.45, 2.75) is 58.0 Å². The summed E-state index contributed by atoms with van der Waals surface area (Å²) >= 11 is 0. The average Bonchev–Trinajstić information content (AvgIpc) is 3.26. The molecule has 2 aromatic carbocycles. The van der Waals surface area contributed by atoms with E-state index in [1.807, 2.05) is 24.8 Å². The van der Waals surface area contributed by atoms with Crippen LogP contribution in [-0.2, 0) is 16.4 Å². The van der Waals surface area contributed by atoms with Gasteiger partial charge in [-0.2, -0.15) is 0 Å². The first-order valence-corrected chi connectivity index (χ1v) is 16.9. The first kappa shape index (κ1) is 30.4. The van der Waals surface area contributed by atoms with E-state index in [1.165, 1.54) is 16.1 Å². The Morgan fingerprint density at radius 1 is 0.977 bits per heavy atom. The van der Waals surface area contributed by atoms with E-state index in [9.17, 15) is 22.4 Å². The number of halogens is 1. The van der Waals surface area contributed by atoms with Gasteiger partial charge in [0.25, 0.3) is 5.91 Å². The molecule has 3 amide bonds. The van der Waals surface area contributed by atoms with Gasteiger partial charge in [0.1, 0.15) is 5.82 Å². The van der Waals surface area contributed by atoms with Crippen LogP contribution in [0.3, 0.4) is 0 Å². The van der Waals surface area contributed by atoms with Gasteiger partial charge in [-0.25, -0.2) is 21.6 Å². The van der Waals surface area contributed by atoms with Crippen LogP contribution in [0.25, 0.3) is 22.0 Å². The molecular weight excluding hydrogens is 583 g/mol. The van der Waals surface area contributed by atoms with E-state index >= 15 is 0 Å². The Morgan fingerprint density at radius 2 is 1.66 bits per heavy atom. The highest BCUT2D eigenvalue weighted by atomic mass is 32.2. The normalized spacial score (nSPS) is 23.2. The lowest BCUT2D eigenvalue weighted by atomic mass is 9.87. The van der Waals surface area contributed by atoms with Gasteiger partial charge in [-0.3, -0.25) is 4.79 Å². The summed E-state index contributed by atoms with van der Waals surface area (Å²) in [7, 11) is -1.67. The van der Waals surface area contributed by atoms with Gasteiger partial charge in [0.05, 0.1) is 16.8 Å². The highest BCUT2D eigenvalue weighted by Crippen LogP contribution is 2.44. The number of aromatic nitrogens is 1. The number of nitrogens with two attached hydrogens (primary N) is 1. The molecule has 1 saturated carbocycles. The van der Waals surface area contributed by atoms with E-state index in [2.05, 4.69) is 22.6 Å². The maximum absolute atomic E-state index is 14.4. The lowest BCUT2D eigenvalue weighted by Gasteiger charge is -2.35. The van der Waals surface area contributed by atoms with Crippen LogP contribution in [0.4, 0.5) is 14.9 Å². The molecule has 0 atom stereocenters. The van der Waals surface area contributed by atoms with Gasteiger partial charge in [-0.15, -0.1) is 0 Å². The number of fused-ring (bicyclic) bond motifs is 3. The van der Waals surface area contributed by atoms with Gasteiger partial charge in [0, 0.05) is 60.6 Å². The Kier molecular flexibility index (Phi) is 7.86. The maximum atomic E-state index is 14.4. The van der Waals surface area contributed by atoms with Crippen LogP contribution >= 0.6 is 0 Å². The first-order valence-electron chi connectivity index (χ1n) is 15.3. The summed E-state index contributed by atoms with van der Waals surface area (Å²) in [6, 6.07) is 9.69. The van der Waals surface area contributed by atoms with Crippen molar-refractivity contribution in [2.24, 2.45) is 11.1 Å². The van der Waals surface area contributed by atoms with Crippen molar-refractivity contribution in [2.75, 3.05) is 44.3 Å². The summed E-state index contributed by atoms with van der Waals surface area (Å²) in [5, 5.41) is 7.36. The van der Waals surface area contributed by atoms with Crippen LogP contribution in [0, 0.1) is 11.2 Å². The van der Waals surface area contributed by atoms with Crippen molar-refractivity contribution in [3.63, 3.8) is 0 Å². The number of rotatable bonds is 5. The Morgan fingerprint density at radius 3 is 2.34 bits per heavy atom. The summed E-state index contributed by atoms with van der Waals surface area (Å²) in [5.74, 6) is -1.12. The molecule has 1 aromatic heterocycles. The molecule has 6 rings (SSSR count). The van der Waals surface area contributed by atoms with Gasteiger partial charge in [0.15, 0.2) is 0 Å². The summed E-state index contributed by atoms with van der Waals surface area (Å²) in [5.41, 5.74) is 8.55. The Bertz CT molecular complexity index is 1720. The number of hydrogen-bond donors (Lipinski definition) is 3. The minimum atomic E-state index is -3.73. The summed E-state index contributed by atoms with van der Waals surface area (Å²) in [6.45, 7) is 7.04. The lowest BCUT2D eigenvalue weighted by Crippen LogP contribution is -2.53. The largest absolute Gasteiger partial charge is 0.382 e. The number of amides is 3. The van der Waals surface area contributed by atoms with Crippen molar-refractivity contribution in [1.82, 2.24) is 19.1 Å². The molecule has 4 N–H and O–H groups in total. The Balaban J connectivity index is 1.27. The molecule has 12 heteroatoms. The zero-order chi connectivity index (χ0) is 31.4. The SMILES string of the molecule is CN1CCN(C(=O)N[C@H]2CC[C@H](Nc3cc(-c4c5n(c6cc(F)ccc46)S(=O)(=O)CC(C)(C)C5)ccc3C(N)=O)CC2)CC1. The number of likely N-dealkylation sites (N-methyl/N-ethyl adjacent to an activating group) is 1. The molecule has 0 bridgehead atoms. The number of benzene rings is 2. The predicted molar refractivity (Wildman–Crippen MR) is 170 cm³/mol. The van der Waals surface area contributed by atoms with E-state index in [-0.39, 0.29) is 23.9 Å². The van der Waals surface area contributed by atoms with E-state index in [4.69, 9.17) is 5.73 Å². The van der Waals surface area contributed by atoms with Gasteiger partial charge in [0.2, 0.25) is 10.0 Å². The molecule has 10 nitrogen and oxygen atoms in total. The second-order valence-electron chi connectivity index (χ2n) is 13.4. The number of nitrogens with one attached hydrogen (secondary N) is 2. The molecule has 44 heavy (non-hydrogen) atoms. The van der Waals surface area contributed by atoms with Crippen LogP contribution in [0.1, 0.15) is 55.6 Å². The maximum Gasteiger partial charge on any atom is 0.317 e. The number of carbonyl (C=O) groups excluding carboxylic acids is 2. The number of nitrogens with zero attached hydrogens (tertiary/aromatic N) is 3. The van der Waals surface area contributed by atoms with Crippen molar-refractivity contribution in [3.8, 4) is 11.1 Å². The third-order valence-corrected chi connectivity index (χ3v) is 11.4. The number of urea groups is 1. The number of anilines is 1. The number of hydrogen-bond acceptors (Lipinski definition) is 6. The van der Waals surface area contributed by atoms with Crippen LogP contribution < -0.4 is 16.4 Å². The molecule has 3 heterocycles. The number of piperazine rings is 1. The zero-order valence-corrected chi connectivity index (χ0v) is 26.3. The number of primary amides is 1. The van der Waals surface area contributed by atoms with Crippen molar-refractivity contribution < 1.29 is 22.4 Å². The van der Waals surface area contributed by atoms with Crippen molar-refractivity contribution >= 4 is 38.6 Å². The summed E-state index contributed by atoms with van der Waals surface area (Å²) < 4.78 is 42.6. The molecule has 0 spiro atoms. The molecule has 2 aliphatic heterocycles. The van der Waals surface area contributed by atoms with Gasteiger partial charge < -0.3 is 26.2 Å². The van der Waals surface area contributed by atoms with Crippen LogP contribution in [0.5, 0.6) is 0 Å². The smallest absolute Gasteiger partial charge is 0.317 e. The minimum Gasteiger partial charge on any atom is -0.382 e. The fraction of sp³-hybridized carbons (Fsp3) is 0.500. The molecule has 1 aliphatic carbocycles. The Labute approximate surface area is 257 Å². The number of carbonyl (C=O) groups is 2. The topological polar surface area (TPSA) is 130 Å². The fourth-order valence-electron chi connectivity index (χ4n) is 7.06. The monoisotopic (exact) mass is 624 g/mol. The van der Waals surface area contributed by atoms with Gasteiger partial charge >= 0.3 is 6.03 Å². The Hall–Kier alpha value is -3.64. The molecule has 1 saturated heterocycles. The van der Waals surface area contributed by atoms with Crippen molar-refractivity contribution in [1.29, 1.82) is 0 Å². The van der Waals surface area contributed by atoms with E-state index in [0.29, 0.717) is 39.8 Å². The van der Waals surface area contributed by atoms with Crippen LogP contribution in [0.15, 0.2) is 36.4 Å². The van der Waals surface area contributed by atoms with Crippen molar-refractivity contribution in [3.05, 3.63) is 53.5 Å². The molecule has 3 aliphatic rings. The van der Waals surface area contributed by atoms with Crippen LogP contribution in [0.2, 0.25) is 0 Å². The van der Waals surface area contributed by atoms with Gasteiger partial charge in [-0.05, 0) is 80.5 Å². The predicted octanol–water partition coefficient (Wildman–Crippen LogP) is 3.99. The average molecular weight is 625 g/mol. The third kappa shape index (κ3) is 5.89.